The fourth-order valence-electron chi connectivity index (χ4n) is 2.72. The van der Waals surface area contributed by atoms with Crippen LogP contribution in [0.5, 0.6) is 0 Å². The first-order valence-electron chi connectivity index (χ1n) is 6.95. The van der Waals surface area contributed by atoms with Gasteiger partial charge in [-0.15, -0.1) is 0 Å². The molecule has 1 aromatic carbocycles. The average molecular weight is 349 g/mol. The number of benzene rings is 1. The molecule has 0 saturated carbocycles. The smallest absolute Gasteiger partial charge is 0.277 e. The van der Waals surface area contributed by atoms with Crippen molar-refractivity contribution in [3.8, 4) is 0 Å². The molecule has 21 heavy (non-hydrogen) atoms. The van der Waals surface area contributed by atoms with Gasteiger partial charge in [-0.05, 0) is 30.2 Å². The lowest BCUT2D eigenvalue weighted by Gasteiger charge is -2.30. The van der Waals surface area contributed by atoms with Crippen LogP contribution in [-0.4, -0.2) is 28.2 Å². The number of imide groups is 1. The van der Waals surface area contributed by atoms with E-state index in [4.69, 9.17) is 0 Å². The first-order valence-corrected chi connectivity index (χ1v) is 7.75. The van der Waals surface area contributed by atoms with Crippen LogP contribution in [-0.2, 0) is 11.2 Å². The molecule has 0 radical (unpaired) electrons. The van der Waals surface area contributed by atoms with Gasteiger partial charge in [-0.1, -0.05) is 36.7 Å². The summed E-state index contributed by atoms with van der Waals surface area (Å²) < 4.78 is 0.984. The van der Waals surface area contributed by atoms with Gasteiger partial charge in [0, 0.05) is 27.3 Å². The topological polar surface area (TPSA) is 53.2 Å². The predicted molar refractivity (Wildman–Crippen MR) is 85.2 cm³/mol. The Bertz CT molecular complexity index is 755. The molecule has 1 N–H and O–H groups in total. The molecule has 2 amide bonds. The number of nitrogens with one attached hydrogen (secondary N) is 1. The summed E-state index contributed by atoms with van der Waals surface area (Å²) in [4.78, 5) is 29.5. The monoisotopic (exact) mass is 348 g/mol. The van der Waals surface area contributed by atoms with Crippen LogP contribution in [0.25, 0.3) is 10.9 Å². The molecule has 1 aromatic heterocycles. The largest absolute Gasteiger partial charge is 0.350 e. The number of halogens is 1. The van der Waals surface area contributed by atoms with E-state index >= 15 is 0 Å². The molecule has 0 atom stereocenters. The summed E-state index contributed by atoms with van der Waals surface area (Å²) in [6.45, 7) is 5.95. The number of hydrogen-bond acceptors (Lipinski definition) is 2. The number of H-pyrrole nitrogens is 1. The van der Waals surface area contributed by atoms with Gasteiger partial charge < -0.3 is 4.98 Å². The van der Waals surface area contributed by atoms with Gasteiger partial charge >= 0.3 is 0 Å². The van der Waals surface area contributed by atoms with E-state index in [1.165, 1.54) is 4.90 Å². The molecule has 2 aromatic rings. The number of aromatic nitrogens is 1. The Hall–Kier alpha value is -1.62. The molecule has 0 saturated heterocycles. The van der Waals surface area contributed by atoms with E-state index in [9.17, 15) is 9.59 Å². The van der Waals surface area contributed by atoms with Crippen LogP contribution in [0, 0.1) is 5.41 Å². The number of carbonyl (C=O) groups excluding carboxylic acids is 2. The molecular weight excluding hydrogens is 332 g/mol. The second-order valence-corrected chi connectivity index (χ2v) is 7.35. The maximum atomic E-state index is 12.6. The Labute approximate surface area is 131 Å². The van der Waals surface area contributed by atoms with Crippen molar-refractivity contribution in [3.63, 3.8) is 0 Å². The van der Waals surface area contributed by atoms with Crippen LogP contribution in [0.2, 0.25) is 0 Å². The van der Waals surface area contributed by atoms with Crippen molar-refractivity contribution in [3.05, 3.63) is 33.9 Å². The molecule has 3 rings (SSSR count). The van der Waals surface area contributed by atoms with E-state index in [1.807, 2.05) is 39.0 Å². The summed E-state index contributed by atoms with van der Waals surface area (Å²) in [5.41, 5.74) is 1.94. The normalized spacial score (nSPS) is 15.4. The van der Waals surface area contributed by atoms with Crippen molar-refractivity contribution in [2.24, 2.45) is 5.41 Å². The lowest BCUT2D eigenvalue weighted by atomic mass is 9.93. The highest BCUT2D eigenvalue weighted by molar-refractivity contribution is 9.10. The van der Waals surface area contributed by atoms with E-state index in [2.05, 4.69) is 20.9 Å². The number of carbonyl (C=O) groups is 2. The van der Waals surface area contributed by atoms with Crippen LogP contribution < -0.4 is 0 Å². The van der Waals surface area contributed by atoms with E-state index in [-0.39, 0.29) is 11.8 Å². The molecule has 110 valence electrons. The van der Waals surface area contributed by atoms with E-state index in [0.717, 1.165) is 20.9 Å². The minimum absolute atomic E-state index is 0.127. The molecular formula is C16H17BrN2O2. The number of nitrogens with zero attached hydrogens (tertiary/aromatic N) is 1. The predicted octanol–water partition coefficient (Wildman–Crippen LogP) is 3.50. The second kappa shape index (κ2) is 4.70. The Morgan fingerprint density at radius 3 is 2.71 bits per heavy atom. The maximum absolute atomic E-state index is 12.6. The van der Waals surface area contributed by atoms with Gasteiger partial charge in [0.1, 0.15) is 5.69 Å². The molecule has 0 spiro atoms. The van der Waals surface area contributed by atoms with Gasteiger partial charge in [0.2, 0.25) is 5.91 Å². The number of fused-ring (bicyclic) bond motifs is 3. The van der Waals surface area contributed by atoms with Gasteiger partial charge in [0.15, 0.2) is 0 Å². The molecule has 5 heteroatoms. The van der Waals surface area contributed by atoms with Crippen LogP contribution >= 0.6 is 15.9 Å². The fourth-order valence-corrected chi connectivity index (χ4v) is 3.08. The van der Waals surface area contributed by atoms with Gasteiger partial charge in [0.25, 0.3) is 5.91 Å². The van der Waals surface area contributed by atoms with Crippen LogP contribution in [0.1, 0.15) is 36.8 Å². The number of hydrogen-bond donors (Lipinski definition) is 1. The minimum Gasteiger partial charge on any atom is -0.350 e. The van der Waals surface area contributed by atoms with Gasteiger partial charge in [-0.3, -0.25) is 14.5 Å². The third kappa shape index (κ3) is 2.29. The van der Waals surface area contributed by atoms with Crippen LogP contribution in [0.3, 0.4) is 0 Å². The molecule has 0 fully saturated rings. The zero-order valence-electron chi connectivity index (χ0n) is 12.3. The third-order valence-corrected chi connectivity index (χ3v) is 4.29. The van der Waals surface area contributed by atoms with Crippen molar-refractivity contribution < 1.29 is 9.59 Å². The van der Waals surface area contributed by atoms with Crippen molar-refractivity contribution in [2.45, 2.75) is 27.2 Å². The zero-order chi connectivity index (χ0) is 15.4. The number of rotatable bonds is 0. The Balaban J connectivity index is 2.07. The zero-order valence-corrected chi connectivity index (χ0v) is 13.9. The number of aromatic amines is 1. The Kier molecular flexibility index (Phi) is 3.20. The SMILES string of the molecule is CC(C)(C)C(=O)N1CCc2c([nH]c3ccc(Br)cc23)C1=O. The maximum Gasteiger partial charge on any atom is 0.277 e. The van der Waals surface area contributed by atoms with Crippen LogP contribution in [0.15, 0.2) is 22.7 Å². The first kappa shape index (κ1) is 14.3. The summed E-state index contributed by atoms with van der Waals surface area (Å²) >= 11 is 3.46. The summed E-state index contributed by atoms with van der Waals surface area (Å²) in [6.07, 6.45) is 0.694. The third-order valence-electron chi connectivity index (χ3n) is 3.80. The fraction of sp³-hybridized carbons (Fsp3) is 0.375. The van der Waals surface area contributed by atoms with Crippen molar-refractivity contribution in [1.82, 2.24) is 9.88 Å². The first-order chi connectivity index (χ1) is 9.79. The molecule has 0 aliphatic carbocycles. The molecule has 0 unspecified atom stereocenters. The van der Waals surface area contributed by atoms with Gasteiger partial charge in [-0.25, -0.2) is 0 Å². The molecule has 1 aliphatic heterocycles. The Morgan fingerprint density at radius 2 is 2.05 bits per heavy atom. The lowest BCUT2D eigenvalue weighted by molar-refractivity contribution is -0.136. The molecule has 2 heterocycles. The highest BCUT2D eigenvalue weighted by Gasteiger charge is 2.36. The highest BCUT2D eigenvalue weighted by Crippen LogP contribution is 2.31. The number of amides is 2. The average Bonchev–Trinajstić information content (AvgIpc) is 2.76. The highest BCUT2D eigenvalue weighted by atomic mass is 79.9. The van der Waals surface area contributed by atoms with Crippen molar-refractivity contribution in [1.29, 1.82) is 0 Å². The summed E-state index contributed by atoms with van der Waals surface area (Å²) in [6, 6.07) is 5.90. The standard InChI is InChI=1S/C16H17BrN2O2/c1-16(2,3)15(21)19-7-6-10-11-8-9(17)4-5-12(11)18-13(10)14(19)20/h4-5,8,18H,6-7H2,1-3H3. The Morgan fingerprint density at radius 1 is 1.33 bits per heavy atom. The van der Waals surface area contributed by atoms with Gasteiger partial charge in [-0.2, -0.15) is 0 Å². The summed E-state index contributed by atoms with van der Waals surface area (Å²) in [5, 5.41) is 1.05. The molecule has 4 nitrogen and oxygen atoms in total. The summed E-state index contributed by atoms with van der Waals surface area (Å²) in [7, 11) is 0. The van der Waals surface area contributed by atoms with Crippen molar-refractivity contribution >= 4 is 38.6 Å². The van der Waals surface area contributed by atoms with Crippen LogP contribution in [0.4, 0.5) is 0 Å². The van der Waals surface area contributed by atoms with E-state index in [1.54, 1.807) is 0 Å². The van der Waals surface area contributed by atoms with E-state index < -0.39 is 5.41 Å². The van der Waals surface area contributed by atoms with E-state index in [0.29, 0.717) is 18.7 Å². The molecule has 1 aliphatic rings. The van der Waals surface area contributed by atoms with Gasteiger partial charge in [0.05, 0.1) is 0 Å². The second-order valence-electron chi connectivity index (χ2n) is 6.43. The quantitative estimate of drug-likeness (QED) is 0.791. The molecule has 0 bridgehead atoms. The summed E-state index contributed by atoms with van der Waals surface area (Å²) in [5.74, 6) is -0.346. The minimum atomic E-state index is -0.553. The lowest BCUT2D eigenvalue weighted by Crippen LogP contribution is -2.47. The van der Waals surface area contributed by atoms with Crippen molar-refractivity contribution in [2.75, 3.05) is 6.54 Å².